The van der Waals surface area contributed by atoms with Gasteiger partial charge in [0.1, 0.15) is 0 Å². The fourth-order valence-corrected chi connectivity index (χ4v) is 2.61. The zero-order valence-electron chi connectivity index (χ0n) is 9.50. The Morgan fingerprint density at radius 3 is 2.64 bits per heavy atom. The van der Waals surface area contributed by atoms with Crippen LogP contribution in [0.25, 0.3) is 0 Å². The number of likely N-dealkylation sites (N-methyl/N-ethyl adjacent to an activating group) is 1. The van der Waals surface area contributed by atoms with Crippen molar-refractivity contribution in [2.24, 2.45) is 0 Å². The molecule has 3 heteroatoms. The van der Waals surface area contributed by atoms with E-state index in [4.69, 9.17) is 0 Å². The first kappa shape index (κ1) is 11.7. The van der Waals surface area contributed by atoms with E-state index in [1.807, 2.05) is 0 Å². The van der Waals surface area contributed by atoms with Crippen molar-refractivity contribution in [2.75, 3.05) is 6.54 Å². The third-order valence-electron chi connectivity index (χ3n) is 2.54. The lowest BCUT2D eigenvalue weighted by atomic mass is 10.0. The maximum atomic E-state index is 4.54. The molecule has 0 aromatic carbocycles. The molecule has 1 aromatic heterocycles. The largest absolute Gasteiger partial charge is 0.314 e. The van der Waals surface area contributed by atoms with Gasteiger partial charge in [-0.2, -0.15) is 0 Å². The lowest BCUT2D eigenvalue weighted by Crippen LogP contribution is -2.32. The Balaban J connectivity index is 2.66. The third kappa shape index (κ3) is 2.79. The normalized spacial score (nSPS) is 15.4. The Kier molecular flexibility index (Phi) is 4.55. The van der Waals surface area contributed by atoms with Crippen molar-refractivity contribution in [2.45, 2.75) is 46.1 Å². The summed E-state index contributed by atoms with van der Waals surface area (Å²) in [6.45, 7) is 9.73. The molecule has 0 bridgehead atoms. The average molecular weight is 212 g/mol. The van der Waals surface area contributed by atoms with Gasteiger partial charge in [0.2, 0.25) is 0 Å². The molecule has 1 rings (SSSR count). The van der Waals surface area contributed by atoms with Gasteiger partial charge >= 0.3 is 0 Å². The highest BCUT2D eigenvalue weighted by atomic mass is 32.1. The van der Waals surface area contributed by atoms with Crippen molar-refractivity contribution in [1.82, 2.24) is 10.3 Å². The van der Waals surface area contributed by atoms with Gasteiger partial charge in [-0.1, -0.05) is 20.8 Å². The summed E-state index contributed by atoms with van der Waals surface area (Å²) in [5, 5.41) is 6.90. The van der Waals surface area contributed by atoms with Crippen LogP contribution < -0.4 is 5.32 Å². The predicted octanol–water partition coefficient (Wildman–Crippen LogP) is 2.94. The Labute approximate surface area is 90.8 Å². The topological polar surface area (TPSA) is 24.9 Å². The van der Waals surface area contributed by atoms with Gasteiger partial charge in [-0.15, -0.1) is 11.3 Å². The Hall–Kier alpha value is -0.410. The second-order valence-electron chi connectivity index (χ2n) is 3.69. The van der Waals surface area contributed by atoms with E-state index < -0.39 is 0 Å². The summed E-state index contributed by atoms with van der Waals surface area (Å²) in [5.74, 6) is 0.527. The van der Waals surface area contributed by atoms with E-state index >= 15 is 0 Å². The molecule has 0 aliphatic carbocycles. The second-order valence-corrected chi connectivity index (χ2v) is 4.58. The molecule has 2 nitrogen and oxygen atoms in total. The van der Waals surface area contributed by atoms with Crippen LogP contribution in [0.1, 0.15) is 43.8 Å². The predicted molar refractivity (Wildman–Crippen MR) is 63.0 cm³/mol. The quantitative estimate of drug-likeness (QED) is 0.811. The molecule has 0 amide bonds. The number of nitrogens with one attached hydrogen (secondary N) is 1. The van der Waals surface area contributed by atoms with E-state index in [0.717, 1.165) is 18.7 Å². The number of hydrogen-bond donors (Lipinski definition) is 1. The minimum absolute atomic E-state index is 0.527. The second kappa shape index (κ2) is 5.47. The highest BCUT2D eigenvalue weighted by Gasteiger charge is 2.18. The first-order chi connectivity index (χ1) is 6.69. The van der Waals surface area contributed by atoms with Crippen LogP contribution in [0.15, 0.2) is 5.38 Å². The van der Waals surface area contributed by atoms with Crippen LogP contribution >= 0.6 is 11.3 Å². The van der Waals surface area contributed by atoms with Gasteiger partial charge in [0.05, 0.1) is 5.01 Å². The van der Waals surface area contributed by atoms with Gasteiger partial charge in [0.25, 0.3) is 0 Å². The Morgan fingerprint density at radius 1 is 1.50 bits per heavy atom. The average Bonchev–Trinajstić information content (AvgIpc) is 2.60. The number of hydrogen-bond acceptors (Lipinski definition) is 3. The molecule has 0 radical (unpaired) electrons. The van der Waals surface area contributed by atoms with E-state index in [1.165, 1.54) is 5.01 Å². The molecule has 1 heterocycles. The maximum absolute atomic E-state index is 4.54. The zero-order chi connectivity index (χ0) is 10.6. The zero-order valence-corrected chi connectivity index (χ0v) is 10.3. The van der Waals surface area contributed by atoms with Crippen molar-refractivity contribution in [3.63, 3.8) is 0 Å². The van der Waals surface area contributed by atoms with Crippen molar-refractivity contribution in [3.05, 3.63) is 16.1 Å². The number of rotatable bonds is 5. The molecule has 0 saturated heterocycles. The van der Waals surface area contributed by atoms with Gasteiger partial charge in [-0.05, 0) is 19.9 Å². The molecule has 0 aliphatic heterocycles. The van der Waals surface area contributed by atoms with Crippen LogP contribution in [0.2, 0.25) is 0 Å². The van der Waals surface area contributed by atoms with E-state index in [1.54, 1.807) is 11.3 Å². The highest BCUT2D eigenvalue weighted by Crippen LogP contribution is 2.24. The smallest absolute Gasteiger partial charge is 0.0971 e. The van der Waals surface area contributed by atoms with Crippen LogP contribution in [0.3, 0.4) is 0 Å². The standard InChI is InChI=1S/C11H20N2S/c1-5-10(12-6-2)9(4)11-13-8(3)7-14-11/h7,9-10,12H,5-6H2,1-4H3. The molecule has 14 heavy (non-hydrogen) atoms. The monoisotopic (exact) mass is 212 g/mol. The lowest BCUT2D eigenvalue weighted by molar-refractivity contribution is 0.447. The minimum atomic E-state index is 0.527. The number of nitrogens with zero attached hydrogens (tertiary/aromatic N) is 1. The summed E-state index contributed by atoms with van der Waals surface area (Å²) >= 11 is 1.78. The van der Waals surface area contributed by atoms with Crippen LogP contribution in [0.4, 0.5) is 0 Å². The van der Waals surface area contributed by atoms with Gasteiger partial charge in [-0.25, -0.2) is 4.98 Å². The first-order valence-electron chi connectivity index (χ1n) is 5.34. The van der Waals surface area contributed by atoms with Gasteiger partial charge in [0, 0.05) is 23.0 Å². The Bertz CT molecular complexity index is 270. The summed E-state index contributed by atoms with van der Waals surface area (Å²) in [6.07, 6.45) is 1.16. The minimum Gasteiger partial charge on any atom is -0.314 e. The third-order valence-corrected chi connectivity index (χ3v) is 3.70. The SMILES string of the molecule is CCNC(CC)C(C)c1nc(C)cs1. The summed E-state index contributed by atoms with van der Waals surface area (Å²) in [6, 6.07) is 0.561. The molecule has 0 fully saturated rings. The summed E-state index contributed by atoms with van der Waals surface area (Å²) in [4.78, 5) is 4.54. The number of aryl methyl sites for hydroxylation is 1. The van der Waals surface area contributed by atoms with E-state index in [2.05, 4.69) is 43.4 Å². The molecular formula is C11H20N2S. The van der Waals surface area contributed by atoms with Crippen LogP contribution in [-0.4, -0.2) is 17.6 Å². The number of thiazole rings is 1. The summed E-state index contributed by atoms with van der Waals surface area (Å²) in [5.41, 5.74) is 1.14. The van der Waals surface area contributed by atoms with Gasteiger partial charge in [0.15, 0.2) is 0 Å². The van der Waals surface area contributed by atoms with E-state index in [9.17, 15) is 0 Å². The molecule has 2 atom stereocenters. The van der Waals surface area contributed by atoms with E-state index in [-0.39, 0.29) is 0 Å². The molecule has 0 saturated carbocycles. The van der Waals surface area contributed by atoms with Crippen molar-refractivity contribution in [3.8, 4) is 0 Å². The highest BCUT2D eigenvalue weighted by molar-refractivity contribution is 7.09. The summed E-state index contributed by atoms with van der Waals surface area (Å²) < 4.78 is 0. The fraction of sp³-hybridized carbons (Fsp3) is 0.727. The molecule has 1 aromatic rings. The fourth-order valence-electron chi connectivity index (χ4n) is 1.69. The van der Waals surface area contributed by atoms with Gasteiger partial charge < -0.3 is 5.32 Å². The molecule has 0 spiro atoms. The van der Waals surface area contributed by atoms with Gasteiger partial charge in [-0.3, -0.25) is 0 Å². The Morgan fingerprint density at radius 2 is 2.21 bits per heavy atom. The lowest BCUT2D eigenvalue weighted by Gasteiger charge is -2.21. The summed E-state index contributed by atoms with van der Waals surface area (Å²) in [7, 11) is 0. The van der Waals surface area contributed by atoms with E-state index in [0.29, 0.717) is 12.0 Å². The molecule has 2 unspecified atom stereocenters. The number of aromatic nitrogens is 1. The molecule has 80 valence electrons. The maximum Gasteiger partial charge on any atom is 0.0971 e. The van der Waals surface area contributed by atoms with Crippen molar-refractivity contribution >= 4 is 11.3 Å². The van der Waals surface area contributed by atoms with Crippen molar-refractivity contribution < 1.29 is 0 Å². The molecule has 1 N–H and O–H groups in total. The molecular weight excluding hydrogens is 192 g/mol. The first-order valence-corrected chi connectivity index (χ1v) is 6.22. The molecule has 0 aliphatic rings. The van der Waals surface area contributed by atoms with Crippen LogP contribution in [0, 0.1) is 6.92 Å². The van der Waals surface area contributed by atoms with Crippen LogP contribution in [-0.2, 0) is 0 Å². The van der Waals surface area contributed by atoms with Crippen LogP contribution in [0.5, 0.6) is 0 Å². The van der Waals surface area contributed by atoms with Crippen molar-refractivity contribution in [1.29, 1.82) is 0 Å².